The number of carbonyl (C=O) groups excluding carboxylic acids is 1. The van der Waals surface area contributed by atoms with Crippen molar-refractivity contribution in [2.45, 2.75) is 0 Å². The van der Waals surface area contributed by atoms with Crippen LogP contribution in [-0.4, -0.2) is 11.0 Å². The summed E-state index contributed by atoms with van der Waals surface area (Å²) >= 11 is 2.06. The summed E-state index contributed by atoms with van der Waals surface area (Å²) in [6.45, 7) is 0. The lowest BCUT2D eigenvalue weighted by Crippen LogP contribution is -2.12. The van der Waals surface area contributed by atoms with Crippen LogP contribution in [0.25, 0.3) is 6.08 Å². The highest BCUT2D eigenvalue weighted by molar-refractivity contribution is 14.1. The summed E-state index contributed by atoms with van der Waals surface area (Å²) in [4.78, 5) is 10.8. The van der Waals surface area contributed by atoms with Gasteiger partial charge in [0.1, 0.15) is 17.4 Å². The zero-order valence-corrected chi connectivity index (χ0v) is 9.72. The van der Waals surface area contributed by atoms with Gasteiger partial charge in [0.05, 0.1) is 0 Å². The lowest BCUT2D eigenvalue weighted by atomic mass is 10.1. The monoisotopic (exact) mass is 314 g/mol. The number of phenolic OH excluding ortho intramolecular Hbond substituents is 1. The van der Waals surface area contributed by atoms with Crippen LogP contribution in [0.15, 0.2) is 23.8 Å². The Balaban J connectivity index is 3.23. The minimum absolute atomic E-state index is 0.00409. The van der Waals surface area contributed by atoms with Gasteiger partial charge in [-0.3, -0.25) is 4.79 Å². The highest BCUT2D eigenvalue weighted by atomic mass is 127. The molecule has 15 heavy (non-hydrogen) atoms. The molecular weight excluding hydrogens is 307 g/mol. The molecule has 0 saturated carbocycles. The van der Waals surface area contributed by atoms with E-state index >= 15 is 0 Å². The first kappa shape index (κ1) is 11.5. The largest absolute Gasteiger partial charge is 0.507 e. The maximum absolute atomic E-state index is 10.8. The van der Waals surface area contributed by atoms with Crippen molar-refractivity contribution >= 4 is 34.6 Å². The van der Waals surface area contributed by atoms with E-state index in [1.54, 1.807) is 18.2 Å². The summed E-state index contributed by atoms with van der Waals surface area (Å²) in [5.41, 5.74) is 5.18. The van der Waals surface area contributed by atoms with Gasteiger partial charge in [-0.05, 0) is 46.9 Å². The third-order valence-corrected chi connectivity index (χ3v) is 2.35. The van der Waals surface area contributed by atoms with Gasteiger partial charge in [-0.2, -0.15) is 5.26 Å². The zero-order valence-electron chi connectivity index (χ0n) is 7.57. The van der Waals surface area contributed by atoms with Crippen LogP contribution in [-0.2, 0) is 4.79 Å². The Bertz CT molecular complexity index is 475. The second kappa shape index (κ2) is 4.79. The molecular formula is C10H7IN2O2. The normalized spacial score (nSPS) is 10.8. The Morgan fingerprint density at radius 1 is 1.60 bits per heavy atom. The first-order valence-electron chi connectivity index (χ1n) is 3.94. The Kier molecular flexibility index (Phi) is 3.68. The third kappa shape index (κ3) is 2.95. The number of halogens is 1. The van der Waals surface area contributed by atoms with Gasteiger partial charge in [-0.25, -0.2) is 0 Å². The smallest absolute Gasteiger partial charge is 0.259 e. The topological polar surface area (TPSA) is 87.1 Å². The van der Waals surface area contributed by atoms with Crippen molar-refractivity contribution in [3.63, 3.8) is 0 Å². The number of phenols is 1. The SMILES string of the molecule is N#CC(=Cc1cc(I)ccc1O)C(N)=O. The van der Waals surface area contributed by atoms with E-state index in [0.717, 1.165) is 3.57 Å². The molecule has 1 amide bonds. The van der Waals surface area contributed by atoms with E-state index in [2.05, 4.69) is 22.6 Å². The first-order valence-corrected chi connectivity index (χ1v) is 5.02. The summed E-state index contributed by atoms with van der Waals surface area (Å²) in [5, 5.41) is 18.1. The molecule has 0 spiro atoms. The second-order valence-electron chi connectivity index (χ2n) is 2.74. The van der Waals surface area contributed by atoms with Crippen molar-refractivity contribution in [2.24, 2.45) is 5.73 Å². The number of hydrogen-bond donors (Lipinski definition) is 2. The van der Waals surface area contributed by atoms with Crippen LogP contribution in [0.5, 0.6) is 5.75 Å². The number of benzene rings is 1. The van der Waals surface area contributed by atoms with Crippen LogP contribution in [0.3, 0.4) is 0 Å². The Labute approximate surface area is 100 Å². The summed E-state index contributed by atoms with van der Waals surface area (Å²) in [6, 6.07) is 6.52. The molecule has 0 fully saturated rings. The molecule has 5 heteroatoms. The number of nitriles is 1. The quantitative estimate of drug-likeness (QED) is 0.491. The molecule has 76 valence electrons. The molecule has 0 atom stereocenters. The van der Waals surface area contributed by atoms with Crippen molar-refractivity contribution in [3.8, 4) is 11.8 Å². The minimum Gasteiger partial charge on any atom is -0.507 e. The van der Waals surface area contributed by atoms with Crippen LogP contribution >= 0.6 is 22.6 Å². The molecule has 0 saturated heterocycles. The number of nitrogens with zero attached hydrogens (tertiary/aromatic N) is 1. The van der Waals surface area contributed by atoms with Crippen molar-refractivity contribution in [1.29, 1.82) is 5.26 Å². The van der Waals surface area contributed by atoms with E-state index < -0.39 is 5.91 Å². The highest BCUT2D eigenvalue weighted by Crippen LogP contribution is 2.22. The minimum atomic E-state index is -0.809. The van der Waals surface area contributed by atoms with Crippen molar-refractivity contribution in [3.05, 3.63) is 32.9 Å². The number of nitrogens with two attached hydrogens (primary N) is 1. The van der Waals surface area contributed by atoms with Gasteiger partial charge in [0, 0.05) is 9.13 Å². The van der Waals surface area contributed by atoms with Crippen LogP contribution in [0.1, 0.15) is 5.56 Å². The van der Waals surface area contributed by atoms with Crippen LogP contribution in [0.2, 0.25) is 0 Å². The molecule has 0 aliphatic carbocycles. The van der Waals surface area contributed by atoms with Crippen molar-refractivity contribution < 1.29 is 9.90 Å². The molecule has 1 aromatic carbocycles. The standard InChI is InChI=1S/C10H7IN2O2/c11-8-1-2-9(14)6(4-8)3-7(5-12)10(13)15/h1-4,14H,(H2,13,15). The van der Waals surface area contributed by atoms with Crippen molar-refractivity contribution in [2.75, 3.05) is 0 Å². The molecule has 0 aromatic heterocycles. The summed E-state index contributed by atoms with van der Waals surface area (Å²) in [6.07, 6.45) is 1.26. The van der Waals surface area contributed by atoms with Gasteiger partial charge >= 0.3 is 0 Å². The maximum atomic E-state index is 10.8. The molecule has 0 radical (unpaired) electrons. The number of rotatable bonds is 2. The highest BCUT2D eigenvalue weighted by Gasteiger charge is 2.06. The van der Waals surface area contributed by atoms with Crippen LogP contribution in [0.4, 0.5) is 0 Å². The molecule has 0 aliphatic rings. The van der Waals surface area contributed by atoms with Gasteiger partial charge in [-0.1, -0.05) is 0 Å². The van der Waals surface area contributed by atoms with Crippen LogP contribution < -0.4 is 5.73 Å². The fourth-order valence-corrected chi connectivity index (χ4v) is 1.47. The number of carbonyl (C=O) groups is 1. The van der Waals surface area contributed by atoms with E-state index in [1.165, 1.54) is 12.1 Å². The second-order valence-corrected chi connectivity index (χ2v) is 3.98. The fraction of sp³-hybridized carbons (Fsp3) is 0. The molecule has 0 heterocycles. The van der Waals surface area contributed by atoms with Crippen molar-refractivity contribution in [1.82, 2.24) is 0 Å². The van der Waals surface area contributed by atoms with Gasteiger partial charge < -0.3 is 10.8 Å². The Hall–Kier alpha value is -1.55. The Morgan fingerprint density at radius 3 is 2.80 bits per heavy atom. The van der Waals surface area contributed by atoms with E-state index in [-0.39, 0.29) is 11.3 Å². The number of hydrogen-bond acceptors (Lipinski definition) is 3. The van der Waals surface area contributed by atoms with E-state index in [9.17, 15) is 9.90 Å². The molecule has 0 bridgehead atoms. The number of amides is 1. The van der Waals surface area contributed by atoms with E-state index in [4.69, 9.17) is 11.0 Å². The lowest BCUT2D eigenvalue weighted by Gasteiger charge is -2.00. The predicted molar refractivity (Wildman–Crippen MR) is 63.6 cm³/mol. The van der Waals surface area contributed by atoms with Gasteiger partial charge in [0.25, 0.3) is 5.91 Å². The zero-order chi connectivity index (χ0) is 11.4. The summed E-state index contributed by atoms with van der Waals surface area (Å²) < 4.78 is 0.887. The predicted octanol–water partition coefficient (Wildman–Crippen LogP) is 1.39. The Morgan fingerprint density at radius 2 is 2.27 bits per heavy atom. The summed E-state index contributed by atoms with van der Waals surface area (Å²) in [7, 11) is 0. The van der Waals surface area contributed by atoms with Gasteiger partial charge in [0.15, 0.2) is 0 Å². The molecule has 1 rings (SSSR count). The first-order chi connectivity index (χ1) is 7.04. The fourth-order valence-electron chi connectivity index (χ4n) is 0.955. The van der Waals surface area contributed by atoms with E-state index in [0.29, 0.717) is 5.56 Å². The number of aromatic hydroxyl groups is 1. The number of primary amides is 1. The average molecular weight is 314 g/mol. The average Bonchev–Trinajstić information content (AvgIpc) is 2.18. The molecule has 1 aromatic rings. The third-order valence-electron chi connectivity index (χ3n) is 1.68. The molecule has 0 aliphatic heterocycles. The molecule has 0 unspecified atom stereocenters. The van der Waals surface area contributed by atoms with E-state index in [1.807, 2.05) is 0 Å². The molecule has 3 N–H and O–H groups in total. The maximum Gasteiger partial charge on any atom is 0.259 e. The van der Waals surface area contributed by atoms with Crippen LogP contribution in [0, 0.1) is 14.9 Å². The summed E-state index contributed by atoms with van der Waals surface area (Å²) in [5.74, 6) is -0.805. The van der Waals surface area contributed by atoms with Gasteiger partial charge in [-0.15, -0.1) is 0 Å². The molecule has 4 nitrogen and oxygen atoms in total. The lowest BCUT2D eigenvalue weighted by molar-refractivity contribution is -0.114. The van der Waals surface area contributed by atoms with Gasteiger partial charge in [0.2, 0.25) is 0 Å².